The van der Waals surface area contributed by atoms with Crippen LogP contribution in [0.4, 0.5) is 0 Å². The Balaban J connectivity index is 1.59. The lowest BCUT2D eigenvalue weighted by molar-refractivity contribution is -0.267. The Morgan fingerprint density at radius 3 is 2.33 bits per heavy atom. The number of carboxylic acid groups (broad SMARTS) is 1. The maximum atomic E-state index is 14.8. The summed E-state index contributed by atoms with van der Waals surface area (Å²) in [6.07, 6.45) is 5.05. The number of allylic oxidation sites excluding steroid dienone is 1. The van der Waals surface area contributed by atoms with Crippen LogP contribution in [0.5, 0.6) is 0 Å². The summed E-state index contributed by atoms with van der Waals surface area (Å²) < 4.78 is 19.4. The first-order chi connectivity index (χ1) is 21.3. The Morgan fingerprint density at radius 1 is 1.07 bits per heavy atom. The highest BCUT2D eigenvalue weighted by atomic mass is 16.6. The number of hydrogen-bond donors (Lipinski definition) is 1. The molecule has 1 unspecified atom stereocenters. The summed E-state index contributed by atoms with van der Waals surface area (Å²) in [7, 11) is 4.12. The molecular weight excluding hydrogens is 582 g/mol. The van der Waals surface area contributed by atoms with E-state index in [0.29, 0.717) is 38.1 Å². The number of carbonyl (C=O) groups excluding carboxylic acids is 2. The Labute approximate surface area is 277 Å². The minimum Gasteiger partial charge on any atom is -0.481 e. The minimum absolute atomic E-state index is 0.0497. The zero-order chi connectivity index (χ0) is 34.2. The Morgan fingerprint density at radius 2 is 1.74 bits per heavy atom. The van der Waals surface area contributed by atoms with Gasteiger partial charge in [0.15, 0.2) is 5.78 Å². The van der Waals surface area contributed by atoms with Crippen molar-refractivity contribution in [3.8, 4) is 0 Å². The van der Waals surface area contributed by atoms with Gasteiger partial charge in [-0.15, -0.1) is 0 Å². The average molecular weight is 644 g/mol. The number of aliphatic carboxylic acids is 1. The highest BCUT2D eigenvalue weighted by molar-refractivity contribution is 6.00. The zero-order valence-corrected chi connectivity index (χ0v) is 30.4. The molecular formula is C38H61NO7. The van der Waals surface area contributed by atoms with Crippen molar-refractivity contribution >= 4 is 17.7 Å². The molecule has 0 amide bonds. The minimum atomic E-state index is -1.04. The van der Waals surface area contributed by atoms with E-state index in [0.717, 1.165) is 37.8 Å². The van der Waals surface area contributed by atoms with Crippen molar-refractivity contribution in [1.82, 2.24) is 4.90 Å². The van der Waals surface area contributed by atoms with Crippen LogP contribution in [0.25, 0.3) is 0 Å². The first kappa shape index (κ1) is 35.5. The molecule has 46 heavy (non-hydrogen) atoms. The molecule has 1 N–H and O–H groups in total. The number of ketones is 1. The molecule has 1 aliphatic heterocycles. The Kier molecular flexibility index (Phi) is 9.25. The van der Waals surface area contributed by atoms with Crippen LogP contribution in [0.2, 0.25) is 0 Å². The van der Waals surface area contributed by atoms with E-state index in [9.17, 15) is 19.5 Å². The van der Waals surface area contributed by atoms with E-state index in [1.165, 1.54) is 6.92 Å². The number of fused-ring (bicyclic) bond motifs is 3. The maximum Gasteiger partial charge on any atom is 0.308 e. The van der Waals surface area contributed by atoms with E-state index in [1.807, 2.05) is 13.0 Å². The summed E-state index contributed by atoms with van der Waals surface area (Å²) >= 11 is 0. The second-order valence-electron chi connectivity index (χ2n) is 17.7. The topological polar surface area (TPSA) is 102 Å². The van der Waals surface area contributed by atoms with Crippen LogP contribution in [0.15, 0.2) is 11.6 Å². The van der Waals surface area contributed by atoms with Crippen LogP contribution in [0.1, 0.15) is 94.4 Å². The summed E-state index contributed by atoms with van der Waals surface area (Å²) in [5, 5.41) is 10.9. The molecule has 8 nitrogen and oxygen atoms in total. The van der Waals surface area contributed by atoms with Crippen LogP contribution in [0.3, 0.4) is 0 Å². The fraction of sp³-hybridized carbons (Fsp3) is 0.868. The summed E-state index contributed by atoms with van der Waals surface area (Å²) in [4.78, 5) is 42.9. The number of esters is 1. The van der Waals surface area contributed by atoms with Crippen molar-refractivity contribution < 1.29 is 33.7 Å². The molecule has 0 aromatic heterocycles. The van der Waals surface area contributed by atoms with Gasteiger partial charge in [-0.25, -0.2) is 0 Å². The summed E-state index contributed by atoms with van der Waals surface area (Å²) in [5.74, 6) is -1.02. The fourth-order valence-corrected chi connectivity index (χ4v) is 11.9. The lowest BCUT2D eigenvalue weighted by Gasteiger charge is -2.70. The standard InChI is InChI=1S/C38H61NO7/c1-22(2)24(4)34(6)14-15-36(8)26-12-13-29-35(7)20-44-21-38(29,27(26)16-30(41)37(36,9)31(34)33(42)43)17-28(46-25(5)40)32(35)45-19-23(3)18-39(10)11/h16,22-24,26,28-29,31-32H,12-15,17-21H2,1-11H3,(H,42,43)/t23?,24-,26+,28-,29+,31-,32+,34-,35+,36-,37+,38+/m1/s1. The lowest BCUT2D eigenvalue weighted by atomic mass is 9.34. The van der Waals surface area contributed by atoms with Gasteiger partial charge in [-0.3, -0.25) is 14.4 Å². The Bertz CT molecular complexity index is 1260. The van der Waals surface area contributed by atoms with Crippen LogP contribution < -0.4 is 0 Å². The number of nitrogens with zero attached hydrogens (tertiary/aromatic N) is 1. The van der Waals surface area contributed by atoms with Crippen LogP contribution in [-0.4, -0.2) is 80.4 Å². The molecule has 0 radical (unpaired) electrons. The molecule has 3 saturated carbocycles. The van der Waals surface area contributed by atoms with Gasteiger partial charge in [-0.2, -0.15) is 0 Å². The van der Waals surface area contributed by atoms with Gasteiger partial charge in [-0.05, 0) is 92.7 Å². The van der Waals surface area contributed by atoms with E-state index in [2.05, 4.69) is 67.5 Å². The highest BCUT2D eigenvalue weighted by Gasteiger charge is 2.74. The summed E-state index contributed by atoms with van der Waals surface area (Å²) in [6, 6.07) is 0. The quantitative estimate of drug-likeness (QED) is 0.294. The molecule has 8 heteroatoms. The third-order valence-corrected chi connectivity index (χ3v) is 14.5. The van der Waals surface area contributed by atoms with Crippen LogP contribution in [-0.2, 0) is 28.6 Å². The molecule has 1 heterocycles. The molecule has 0 spiro atoms. The van der Waals surface area contributed by atoms with Crippen LogP contribution in [0, 0.1) is 62.6 Å². The van der Waals surface area contributed by atoms with Gasteiger partial charge in [0, 0.05) is 29.7 Å². The Hall–Kier alpha value is -1.77. The van der Waals surface area contributed by atoms with E-state index in [-0.39, 0.29) is 35.6 Å². The molecule has 0 aromatic rings. The normalized spacial score (nSPS) is 44.8. The van der Waals surface area contributed by atoms with Crippen LogP contribution >= 0.6 is 0 Å². The van der Waals surface area contributed by atoms with Crippen molar-refractivity contribution in [3.63, 3.8) is 0 Å². The van der Waals surface area contributed by atoms with E-state index >= 15 is 0 Å². The summed E-state index contributed by atoms with van der Waals surface area (Å²) in [6.45, 7) is 21.1. The predicted octanol–water partition coefficient (Wildman–Crippen LogP) is 6.27. The SMILES string of the molecule is CC(=O)O[C@@H]1C[C@@]23COC[C@@](C)([C@@H]2CC[C@H]2C3=CC(=O)[C@@]3(C)[C@H](C(=O)O)[C@@](C)([C@H](C)C(C)C)CC[C@]23C)[C@H]1OCC(C)CN(C)C. The van der Waals surface area contributed by atoms with E-state index in [1.54, 1.807) is 0 Å². The molecule has 4 fully saturated rings. The molecule has 1 saturated heterocycles. The second-order valence-corrected chi connectivity index (χ2v) is 17.7. The monoisotopic (exact) mass is 643 g/mol. The number of hydrogen-bond acceptors (Lipinski definition) is 7. The number of rotatable bonds is 9. The third kappa shape index (κ3) is 5.05. The lowest BCUT2D eigenvalue weighted by Crippen LogP contribution is -2.71. The largest absolute Gasteiger partial charge is 0.481 e. The highest BCUT2D eigenvalue weighted by Crippen LogP contribution is 2.74. The first-order valence-electron chi connectivity index (χ1n) is 17.8. The van der Waals surface area contributed by atoms with Gasteiger partial charge in [0.2, 0.25) is 0 Å². The third-order valence-electron chi connectivity index (χ3n) is 14.5. The maximum absolute atomic E-state index is 14.8. The number of carboxylic acids is 1. The van der Waals surface area contributed by atoms with Crippen molar-refractivity contribution in [2.45, 2.75) is 107 Å². The predicted molar refractivity (Wildman–Crippen MR) is 177 cm³/mol. The van der Waals surface area contributed by atoms with Crippen molar-refractivity contribution in [2.24, 2.45) is 62.6 Å². The first-order valence-corrected chi connectivity index (χ1v) is 17.8. The fourth-order valence-electron chi connectivity index (χ4n) is 11.9. The van der Waals surface area contributed by atoms with Crippen molar-refractivity contribution in [2.75, 3.05) is 40.5 Å². The number of carbonyl (C=O) groups is 3. The van der Waals surface area contributed by atoms with Crippen molar-refractivity contribution in [3.05, 3.63) is 11.6 Å². The molecule has 5 aliphatic rings. The molecule has 5 rings (SSSR count). The van der Waals surface area contributed by atoms with Gasteiger partial charge in [-0.1, -0.05) is 61.0 Å². The van der Waals surface area contributed by atoms with Gasteiger partial charge in [0.1, 0.15) is 12.2 Å². The number of ether oxygens (including phenoxy) is 3. The van der Waals surface area contributed by atoms with Gasteiger partial charge < -0.3 is 24.2 Å². The molecule has 12 atom stereocenters. The van der Waals surface area contributed by atoms with Gasteiger partial charge >= 0.3 is 11.9 Å². The van der Waals surface area contributed by atoms with Crippen molar-refractivity contribution in [1.29, 1.82) is 0 Å². The van der Waals surface area contributed by atoms with E-state index < -0.39 is 45.1 Å². The molecule has 0 aromatic carbocycles. The van der Waals surface area contributed by atoms with Gasteiger partial charge in [0.25, 0.3) is 0 Å². The zero-order valence-electron chi connectivity index (χ0n) is 30.4. The molecule has 4 aliphatic carbocycles. The van der Waals surface area contributed by atoms with E-state index in [4.69, 9.17) is 14.2 Å². The smallest absolute Gasteiger partial charge is 0.308 e. The molecule has 2 bridgehead atoms. The second kappa shape index (κ2) is 12.0. The van der Waals surface area contributed by atoms with Gasteiger partial charge in [0.05, 0.1) is 25.7 Å². The summed E-state index contributed by atoms with van der Waals surface area (Å²) in [5.41, 5.74) is -1.84. The molecule has 260 valence electrons. The average Bonchev–Trinajstić information content (AvgIpc) is 2.93.